The van der Waals surface area contributed by atoms with Gasteiger partial charge in [0.05, 0.1) is 11.8 Å². The second kappa shape index (κ2) is 9.24. The van der Waals surface area contributed by atoms with Gasteiger partial charge in [-0.2, -0.15) is 0 Å². The van der Waals surface area contributed by atoms with E-state index >= 15 is 0 Å². The van der Waals surface area contributed by atoms with Gasteiger partial charge in [0.1, 0.15) is 23.4 Å². The third-order valence-electron chi connectivity index (χ3n) is 5.22. The van der Waals surface area contributed by atoms with E-state index < -0.39 is 17.7 Å². The fourth-order valence-electron chi connectivity index (χ4n) is 3.61. The van der Waals surface area contributed by atoms with Crippen LogP contribution in [0.3, 0.4) is 0 Å². The number of aliphatic hydroxyl groups is 1. The Balaban J connectivity index is 1.50. The van der Waals surface area contributed by atoms with Crippen LogP contribution in [-0.4, -0.2) is 27.0 Å². The summed E-state index contributed by atoms with van der Waals surface area (Å²) in [6.45, 7) is 0. The molecule has 4 aromatic rings. The summed E-state index contributed by atoms with van der Waals surface area (Å²) in [5.41, 5.74) is 0.820. The summed E-state index contributed by atoms with van der Waals surface area (Å²) in [6.07, 6.45) is 1.42. The van der Waals surface area contributed by atoms with Gasteiger partial charge in [-0.3, -0.25) is 14.5 Å². The number of thioether (sulfide) groups is 1. The van der Waals surface area contributed by atoms with E-state index in [1.54, 1.807) is 60.7 Å². The molecule has 0 aliphatic carbocycles. The number of rotatable bonds is 6. The van der Waals surface area contributed by atoms with Crippen LogP contribution in [0, 0.1) is 5.82 Å². The second-order valence-electron chi connectivity index (χ2n) is 7.28. The van der Waals surface area contributed by atoms with E-state index in [9.17, 15) is 19.1 Å². The number of hydrogen-bond donors (Lipinski definition) is 1. The smallest absolute Gasteiger partial charge is 0.302 e. The molecule has 1 saturated heterocycles. The molecule has 0 bridgehead atoms. The van der Waals surface area contributed by atoms with Crippen molar-refractivity contribution in [2.75, 3.05) is 4.90 Å². The fraction of sp³-hybridized carbons (Fsp3) is 0.0833. The molecular weight excluding hydrogens is 477 g/mol. The molecule has 1 unspecified atom stereocenters. The standard InChI is InChI=1S/C24H16FN3O4S2/c25-16-10-5-4-9-15(16)13-33-24-27-26-23(34-24)28-19(17-11-6-12-32-17)18(21(30)22(28)31)20(29)14-7-2-1-3-8-14/h1-12,19,29H,13H2/b20-18-. The molecule has 10 heteroatoms. The molecule has 1 aliphatic heterocycles. The molecule has 170 valence electrons. The first kappa shape index (κ1) is 22.1. The van der Waals surface area contributed by atoms with E-state index in [1.807, 2.05) is 0 Å². The van der Waals surface area contributed by atoms with Gasteiger partial charge in [0, 0.05) is 11.3 Å². The predicted octanol–water partition coefficient (Wildman–Crippen LogP) is 5.19. The van der Waals surface area contributed by atoms with Gasteiger partial charge in [-0.15, -0.1) is 10.2 Å². The Hall–Kier alpha value is -3.76. The maximum absolute atomic E-state index is 13.9. The van der Waals surface area contributed by atoms with Crippen LogP contribution >= 0.6 is 23.1 Å². The van der Waals surface area contributed by atoms with Crippen molar-refractivity contribution in [3.8, 4) is 0 Å². The molecule has 1 N–H and O–H groups in total. The minimum absolute atomic E-state index is 0.0955. The zero-order chi connectivity index (χ0) is 23.7. The monoisotopic (exact) mass is 493 g/mol. The summed E-state index contributed by atoms with van der Waals surface area (Å²) >= 11 is 2.37. The van der Waals surface area contributed by atoms with Gasteiger partial charge in [0.2, 0.25) is 5.13 Å². The molecule has 1 fully saturated rings. The summed E-state index contributed by atoms with van der Waals surface area (Å²) in [4.78, 5) is 27.3. The summed E-state index contributed by atoms with van der Waals surface area (Å²) in [7, 11) is 0. The number of aliphatic hydroxyl groups excluding tert-OH is 1. The number of carbonyl (C=O) groups is 2. The zero-order valence-corrected chi connectivity index (χ0v) is 19.1. The Bertz CT molecular complexity index is 1390. The van der Waals surface area contributed by atoms with Crippen LogP contribution < -0.4 is 4.90 Å². The van der Waals surface area contributed by atoms with Crippen LogP contribution in [0.25, 0.3) is 5.76 Å². The quantitative estimate of drug-likeness (QED) is 0.130. The molecule has 3 heterocycles. The number of carbonyl (C=O) groups excluding carboxylic acids is 2. The Morgan fingerprint density at radius 3 is 2.56 bits per heavy atom. The van der Waals surface area contributed by atoms with Gasteiger partial charge in [-0.25, -0.2) is 4.39 Å². The number of nitrogens with zero attached hydrogens (tertiary/aromatic N) is 3. The summed E-state index contributed by atoms with van der Waals surface area (Å²) < 4.78 is 20.0. The molecule has 34 heavy (non-hydrogen) atoms. The molecule has 1 atom stereocenters. The number of aromatic nitrogens is 2. The summed E-state index contributed by atoms with van der Waals surface area (Å²) in [5, 5.41) is 19.3. The number of amides is 1. The van der Waals surface area contributed by atoms with Crippen molar-refractivity contribution >= 4 is 45.7 Å². The van der Waals surface area contributed by atoms with E-state index in [4.69, 9.17) is 4.42 Å². The molecule has 5 rings (SSSR count). The van der Waals surface area contributed by atoms with Gasteiger partial charge in [-0.05, 0) is 23.8 Å². The maximum Gasteiger partial charge on any atom is 0.302 e. The molecule has 0 radical (unpaired) electrons. The molecule has 2 aromatic carbocycles. The van der Waals surface area contributed by atoms with Gasteiger partial charge in [0.15, 0.2) is 4.34 Å². The minimum atomic E-state index is -1.01. The molecule has 1 amide bonds. The first-order chi connectivity index (χ1) is 16.5. The maximum atomic E-state index is 13.9. The summed E-state index contributed by atoms with van der Waals surface area (Å²) in [5.74, 6) is -1.69. The fourth-order valence-corrected chi connectivity index (χ4v) is 5.46. The van der Waals surface area contributed by atoms with Crippen molar-refractivity contribution in [2.24, 2.45) is 0 Å². The number of hydrogen-bond acceptors (Lipinski definition) is 8. The Labute approximate surface area is 201 Å². The largest absolute Gasteiger partial charge is 0.507 e. The number of furan rings is 1. The van der Waals surface area contributed by atoms with Crippen LogP contribution in [0.5, 0.6) is 0 Å². The number of Topliss-reactive ketones (excluding diaryl/α,β-unsaturated/α-hetero) is 1. The molecule has 2 aromatic heterocycles. The van der Waals surface area contributed by atoms with Crippen molar-refractivity contribution in [2.45, 2.75) is 16.1 Å². The van der Waals surface area contributed by atoms with E-state index in [-0.39, 0.29) is 22.3 Å². The average molecular weight is 494 g/mol. The molecular formula is C24H16FN3O4S2. The number of ketones is 1. The third kappa shape index (κ3) is 4.02. The highest BCUT2D eigenvalue weighted by Crippen LogP contribution is 2.44. The number of anilines is 1. The highest BCUT2D eigenvalue weighted by molar-refractivity contribution is 8.00. The van der Waals surface area contributed by atoms with E-state index in [2.05, 4.69) is 10.2 Å². The van der Waals surface area contributed by atoms with Crippen molar-refractivity contribution in [3.63, 3.8) is 0 Å². The number of benzene rings is 2. The average Bonchev–Trinajstić information content (AvgIpc) is 3.60. The lowest BCUT2D eigenvalue weighted by molar-refractivity contribution is -0.132. The highest BCUT2D eigenvalue weighted by atomic mass is 32.2. The van der Waals surface area contributed by atoms with Gasteiger partial charge >= 0.3 is 5.91 Å². The van der Waals surface area contributed by atoms with E-state index in [1.165, 1.54) is 29.0 Å². The van der Waals surface area contributed by atoms with Gasteiger partial charge in [0.25, 0.3) is 5.78 Å². The summed E-state index contributed by atoms with van der Waals surface area (Å²) in [6, 6.07) is 17.2. The van der Waals surface area contributed by atoms with Crippen molar-refractivity contribution in [1.82, 2.24) is 10.2 Å². The SMILES string of the molecule is O=C1C(=O)N(c2nnc(SCc3ccccc3F)s2)C(c2ccco2)/C1=C(/O)c1ccccc1. The van der Waals surface area contributed by atoms with Crippen LogP contribution in [0.1, 0.15) is 22.9 Å². The molecule has 0 spiro atoms. The first-order valence-electron chi connectivity index (χ1n) is 10.1. The first-order valence-corrected chi connectivity index (χ1v) is 11.9. The normalized spacial score (nSPS) is 17.4. The van der Waals surface area contributed by atoms with Crippen LogP contribution in [-0.2, 0) is 15.3 Å². The van der Waals surface area contributed by atoms with Crippen LogP contribution in [0.2, 0.25) is 0 Å². The zero-order valence-electron chi connectivity index (χ0n) is 17.4. The van der Waals surface area contributed by atoms with E-state index in [0.717, 1.165) is 11.3 Å². The minimum Gasteiger partial charge on any atom is -0.507 e. The predicted molar refractivity (Wildman–Crippen MR) is 126 cm³/mol. The third-order valence-corrected chi connectivity index (χ3v) is 7.32. The van der Waals surface area contributed by atoms with Crippen LogP contribution in [0.15, 0.2) is 87.3 Å². The van der Waals surface area contributed by atoms with Gasteiger partial charge in [-0.1, -0.05) is 71.6 Å². The van der Waals surface area contributed by atoms with E-state index in [0.29, 0.717) is 27.0 Å². The van der Waals surface area contributed by atoms with Crippen molar-refractivity contribution in [1.29, 1.82) is 0 Å². The van der Waals surface area contributed by atoms with Gasteiger partial charge < -0.3 is 9.52 Å². The topological polar surface area (TPSA) is 96.5 Å². The highest BCUT2D eigenvalue weighted by Gasteiger charge is 2.49. The Kier molecular flexibility index (Phi) is 5.99. The Morgan fingerprint density at radius 1 is 1.06 bits per heavy atom. The lowest BCUT2D eigenvalue weighted by atomic mass is 9.99. The van der Waals surface area contributed by atoms with Crippen molar-refractivity contribution in [3.05, 3.63) is 101 Å². The van der Waals surface area contributed by atoms with Crippen LogP contribution in [0.4, 0.5) is 9.52 Å². The molecule has 0 saturated carbocycles. The number of halogens is 1. The van der Waals surface area contributed by atoms with Crippen molar-refractivity contribution < 1.29 is 23.5 Å². The lowest BCUT2D eigenvalue weighted by Gasteiger charge is -2.19. The lowest BCUT2D eigenvalue weighted by Crippen LogP contribution is -2.29. The molecule has 7 nitrogen and oxygen atoms in total. The molecule has 1 aliphatic rings. The Morgan fingerprint density at radius 2 is 1.82 bits per heavy atom. The second-order valence-corrected chi connectivity index (χ2v) is 9.46.